The van der Waals surface area contributed by atoms with Crippen molar-refractivity contribution in [3.05, 3.63) is 52.2 Å². The summed E-state index contributed by atoms with van der Waals surface area (Å²) in [5, 5.41) is 3.84. The molecular weight excluding hydrogens is 392 g/mol. The zero-order chi connectivity index (χ0) is 20.0. The predicted molar refractivity (Wildman–Crippen MR) is 99.5 cm³/mol. The van der Waals surface area contributed by atoms with Crippen molar-refractivity contribution in [3.8, 4) is 0 Å². The molecule has 0 N–H and O–H groups in total. The molecular formula is C17H20N2O6S2. The maximum atomic E-state index is 12.2. The van der Waals surface area contributed by atoms with Gasteiger partial charge < -0.3 is 9.64 Å². The number of carbonyl (C=O) groups excluding carboxylic acids is 2. The molecule has 0 aliphatic carbocycles. The van der Waals surface area contributed by atoms with Gasteiger partial charge in [-0.1, -0.05) is 10.5 Å². The molecule has 146 valence electrons. The second-order valence-corrected chi connectivity index (χ2v) is 8.30. The van der Waals surface area contributed by atoms with Gasteiger partial charge in [0.05, 0.1) is 17.6 Å². The number of ether oxygens (including phenoxy) is 1. The molecule has 1 heterocycles. The van der Waals surface area contributed by atoms with Gasteiger partial charge in [-0.2, -0.15) is 11.3 Å². The Morgan fingerprint density at radius 3 is 2.56 bits per heavy atom. The summed E-state index contributed by atoms with van der Waals surface area (Å²) in [6, 6.07) is 7.24. The Morgan fingerprint density at radius 2 is 1.93 bits per heavy atom. The van der Waals surface area contributed by atoms with Crippen LogP contribution in [-0.2, 0) is 30.9 Å². The molecule has 0 aliphatic heterocycles. The number of carbonyl (C=O) groups is 2. The number of hydroxylamine groups is 1. The first kappa shape index (κ1) is 21.0. The average molecular weight is 412 g/mol. The van der Waals surface area contributed by atoms with Crippen LogP contribution in [0.25, 0.3) is 0 Å². The summed E-state index contributed by atoms with van der Waals surface area (Å²) >= 11 is 1.53. The summed E-state index contributed by atoms with van der Waals surface area (Å²) in [7, 11) is 0.178. The number of rotatable bonds is 8. The van der Waals surface area contributed by atoms with Gasteiger partial charge in [-0.15, -0.1) is 0 Å². The fourth-order valence-electron chi connectivity index (χ4n) is 2.10. The highest BCUT2D eigenvalue weighted by Crippen LogP contribution is 2.16. The van der Waals surface area contributed by atoms with Gasteiger partial charge in [0.2, 0.25) is 0 Å². The van der Waals surface area contributed by atoms with Crippen LogP contribution in [0.1, 0.15) is 15.9 Å². The molecule has 0 spiro atoms. The van der Waals surface area contributed by atoms with E-state index in [0.29, 0.717) is 11.0 Å². The number of likely N-dealkylation sites (N-methyl/N-ethyl adjacent to an activating group) is 1. The molecule has 10 heteroatoms. The van der Waals surface area contributed by atoms with Crippen LogP contribution in [0.2, 0.25) is 0 Å². The minimum Gasteiger partial charge on any atom is -0.452 e. The van der Waals surface area contributed by atoms with E-state index in [1.54, 1.807) is 7.05 Å². The van der Waals surface area contributed by atoms with Crippen molar-refractivity contribution in [1.29, 1.82) is 0 Å². The van der Waals surface area contributed by atoms with E-state index in [9.17, 15) is 18.0 Å². The zero-order valence-corrected chi connectivity index (χ0v) is 16.7. The molecule has 0 aliphatic rings. The van der Waals surface area contributed by atoms with Gasteiger partial charge in [0.25, 0.3) is 15.9 Å². The van der Waals surface area contributed by atoms with Crippen LogP contribution < -0.4 is 0 Å². The maximum Gasteiger partial charge on any atom is 0.338 e. The van der Waals surface area contributed by atoms with Gasteiger partial charge >= 0.3 is 5.97 Å². The van der Waals surface area contributed by atoms with Crippen molar-refractivity contribution >= 4 is 33.2 Å². The van der Waals surface area contributed by atoms with Gasteiger partial charge in [0, 0.05) is 20.6 Å². The van der Waals surface area contributed by atoms with Crippen molar-refractivity contribution in [3.63, 3.8) is 0 Å². The summed E-state index contributed by atoms with van der Waals surface area (Å²) in [4.78, 5) is 30.3. The molecule has 2 aromatic rings. The fraction of sp³-hybridized carbons (Fsp3) is 0.294. The van der Waals surface area contributed by atoms with Crippen LogP contribution >= 0.6 is 11.3 Å². The minimum absolute atomic E-state index is 0.0221. The van der Waals surface area contributed by atoms with Gasteiger partial charge in [-0.3, -0.25) is 9.63 Å². The summed E-state index contributed by atoms with van der Waals surface area (Å²) in [6.07, 6.45) is 0. The minimum atomic E-state index is -3.89. The molecule has 0 fully saturated rings. The largest absolute Gasteiger partial charge is 0.452 e. The molecule has 1 aromatic carbocycles. The number of hydrogen-bond acceptors (Lipinski definition) is 7. The molecule has 0 saturated heterocycles. The first-order valence-electron chi connectivity index (χ1n) is 7.81. The fourth-order valence-corrected chi connectivity index (χ4v) is 3.77. The second-order valence-electron chi connectivity index (χ2n) is 5.58. The third-order valence-corrected chi connectivity index (χ3v) is 6.12. The Morgan fingerprint density at radius 1 is 1.19 bits per heavy atom. The molecule has 0 unspecified atom stereocenters. The molecule has 2 rings (SSSR count). The number of esters is 1. The number of thiophene rings is 1. The van der Waals surface area contributed by atoms with Crippen molar-refractivity contribution in [2.45, 2.75) is 11.4 Å². The predicted octanol–water partition coefficient (Wildman–Crippen LogP) is 1.75. The van der Waals surface area contributed by atoms with Crippen LogP contribution in [0, 0.1) is 0 Å². The van der Waals surface area contributed by atoms with Crippen molar-refractivity contribution in [2.75, 3.05) is 27.8 Å². The monoisotopic (exact) mass is 412 g/mol. The average Bonchev–Trinajstić information content (AvgIpc) is 3.18. The molecule has 0 atom stereocenters. The summed E-state index contributed by atoms with van der Waals surface area (Å²) in [6.45, 7) is -0.0224. The van der Waals surface area contributed by atoms with Crippen molar-refractivity contribution in [2.24, 2.45) is 0 Å². The SMILES string of the molecule is CON(C)S(=O)(=O)c1cccc(C(=O)OCC(=O)N(C)Cc2ccsc2)c1. The van der Waals surface area contributed by atoms with Gasteiger partial charge in [0.15, 0.2) is 6.61 Å². The Kier molecular flexibility index (Phi) is 7.08. The highest BCUT2D eigenvalue weighted by molar-refractivity contribution is 7.89. The normalized spacial score (nSPS) is 11.4. The van der Waals surface area contributed by atoms with E-state index in [0.717, 1.165) is 5.56 Å². The van der Waals surface area contributed by atoms with E-state index in [4.69, 9.17) is 9.57 Å². The quantitative estimate of drug-likeness (QED) is 0.484. The number of nitrogens with zero attached hydrogens (tertiary/aromatic N) is 2. The molecule has 1 aromatic heterocycles. The Labute approximate surface area is 161 Å². The lowest BCUT2D eigenvalue weighted by Gasteiger charge is -2.16. The Balaban J connectivity index is 2.00. The Bertz CT molecular complexity index is 896. The third kappa shape index (κ3) is 5.36. The second kappa shape index (κ2) is 9.09. The third-order valence-electron chi connectivity index (χ3n) is 3.72. The molecule has 1 amide bonds. The van der Waals surface area contributed by atoms with E-state index < -0.39 is 22.6 Å². The highest BCUT2D eigenvalue weighted by Gasteiger charge is 2.22. The lowest BCUT2D eigenvalue weighted by atomic mass is 10.2. The van der Waals surface area contributed by atoms with E-state index in [-0.39, 0.29) is 16.4 Å². The van der Waals surface area contributed by atoms with E-state index in [1.807, 2.05) is 16.8 Å². The smallest absolute Gasteiger partial charge is 0.338 e. The standard InChI is InChI=1S/C17H20N2O6S2/c1-18(10-13-7-8-26-12-13)16(20)11-25-17(21)14-5-4-6-15(9-14)27(22,23)19(2)24-3/h4-9,12H,10-11H2,1-3H3. The first-order valence-corrected chi connectivity index (χ1v) is 10.2. The van der Waals surface area contributed by atoms with Gasteiger partial charge in [0.1, 0.15) is 0 Å². The Hall–Kier alpha value is -2.27. The van der Waals surface area contributed by atoms with Crippen molar-refractivity contribution in [1.82, 2.24) is 9.37 Å². The lowest BCUT2D eigenvalue weighted by molar-refractivity contribution is -0.133. The molecule has 8 nitrogen and oxygen atoms in total. The summed E-state index contributed by atoms with van der Waals surface area (Å²) in [5.74, 6) is -1.15. The highest BCUT2D eigenvalue weighted by atomic mass is 32.2. The molecule has 27 heavy (non-hydrogen) atoms. The van der Waals surface area contributed by atoms with E-state index in [1.165, 1.54) is 54.7 Å². The molecule has 0 saturated carbocycles. The first-order chi connectivity index (χ1) is 12.8. The van der Waals surface area contributed by atoms with Crippen LogP contribution in [-0.4, -0.2) is 57.5 Å². The summed E-state index contributed by atoms with van der Waals surface area (Å²) in [5.41, 5.74) is 1.01. The number of amides is 1. The number of sulfonamides is 1. The van der Waals surface area contributed by atoms with E-state index in [2.05, 4.69) is 0 Å². The zero-order valence-electron chi connectivity index (χ0n) is 15.1. The topological polar surface area (TPSA) is 93.2 Å². The number of benzene rings is 1. The number of hydrogen-bond donors (Lipinski definition) is 0. The van der Waals surface area contributed by atoms with Crippen molar-refractivity contribution < 1.29 is 27.6 Å². The van der Waals surface area contributed by atoms with Crippen LogP contribution in [0.5, 0.6) is 0 Å². The van der Waals surface area contributed by atoms with E-state index >= 15 is 0 Å². The van der Waals surface area contributed by atoms with Gasteiger partial charge in [-0.25, -0.2) is 13.2 Å². The molecule has 0 bridgehead atoms. The summed E-state index contributed by atoms with van der Waals surface area (Å²) < 4.78 is 30.2. The molecule has 0 radical (unpaired) electrons. The van der Waals surface area contributed by atoms with Crippen LogP contribution in [0.4, 0.5) is 0 Å². The lowest BCUT2D eigenvalue weighted by Crippen LogP contribution is -2.30. The van der Waals surface area contributed by atoms with Gasteiger partial charge in [-0.05, 0) is 40.6 Å². The van der Waals surface area contributed by atoms with Crippen LogP contribution in [0.15, 0.2) is 46.0 Å². The van der Waals surface area contributed by atoms with Crippen LogP contribution in [0.3, 0.4) is 0 Å². The maximum absolute atomic E-state index is 12.2.